The monoisotopic (exact) mass is 472 g/mol. The Kier molecular flexibility index (Phi) is 14.2. The second-order valence-electron chi connectivity index (χ2n) is 7.17. The van der Waals surface area contributed by atoms with Gasteiger partial charge in [0, 0.05) is 40.3 Å². The zero-order chi connectivity index (χ0) is 18.8. The molecule has 0 heterocycles. The lowest BCUT2D eigenvalue weighted by Crippen LogP contribution is -2.45. The highest BCUT2D eigenvalue weighted by Crippen LogP contribution is 2.11. The van der Waals surface area contributed by atoms with Gasteiger partial charge in [-0.2, -0.15) is 0 Å². The topological polar surface area (TPSA) is 75.2 Å². The summed E-state index contributed by atoms with van der Waals surface area (Å²) in [6, 6.07) is 0.0411. The molecule has 2 N–H and O–H groups in total. The molecule has 1 unspecified atom stereocenters. The minimum absolute atomic E-state index is 0. The van der Waals surface area contributed by atoms with Gasteiger partial charge < -0.3 is 25.0 Å². The largest absolute Gasteiger partial charge is 0.444 e. The van der Waals surface area contributed by atoms with Gasteiger partial charge in [0.25, 0.3) is 0 Å². The Labute approximate surface area is 170 Å². The number of guanidine groups is 1. The molecule has 0 spiro atoms. The van der Waals surface area contributed by atoms with Crippen LogP contribution < -0.4 is 10.6 Å². The third-order valence-electron chi connectivity index (χ3n) is 3.45. The normalized spacial score (nSPS) is 13.1. The molecule has 0 saturated heterocycles. The third kappa shape index (κ3) is 13.1. The molecular weight excluding hydrogens is 435 g/mol. The van der Waals surface area contributed by atoms with Crippen LogP contribution >= 0.6 is 24.0 Å². The molecule has 0 saturated carbocycles. The zero-order valence-electron chi connectivity index (χ0n) is 17.0. The van der Waals surface area contributed by atoms with Gasteiger partial charge in [-0.05, 0) is 33.1 Å². The lowest BCUT2D eigenvalue weighted by molar-refractivity contribution is 0.0486. The van der Waals surface area contributed by atoms with Crippen LogP contribution in [0.2, 0.25) is 0 Å². The van der Waals surface area contributed by atoms with Gasteiger partial charge in [-0.1, -0.05) is 13.8 Å². The van der Waals surface area contributed by atoms with Crippen molar-refractivity contribution >= 4 is 36.0 Å². The number of alkyl carbamates (subject to hydrolysis) is 1. The number of ether oxygens (including phenoxy) is 2. The highest BCUT2D eigenvalue weighted by Gasteiger charge is 2.22. The Morgan fingerprint density at radius 3 is 2.32 bits per heavy atom. The van der Waals surface area contributed by atoms with E-state index in [0.29, 0.717) is 19.1 Å². The van der Waals surface area contributed by atoms with Crippen LogP contribution in [-0.4, -0.2) is 69.5 Å². The number of aliphatic imine (C=N–C) groups is 1. The predicted octanol–water partition coefficient (Wildman–Crippen LogP) is 2.70. The van der Waals surface area contributed by atoms with Crippen molar-refractivity contribution in [3.05, 3.63) is 0 Å². The summed E-state index contributed by atoms with van der Waals surface area (Å²) in [5.74, 6) is 1.13. The minimum atomic E-state index is -0.490. The molecule has 1 amide bonds. The van der Waals surface area contributed by atoms with Crippen molar-refractivity contribution in [3.8, 4) is 0 Å². The molecule has 0 aliphatic rings. The maximum atomic E-state index is 12.0. The summed E-state index contributed by atoms with van der Waals surface area (Å²) in [7, 11) is 5.40. The molecule has 8 heteroatoms. The maximum Gasteiger partial charge on any atom is 0.407 e. The van der Waals surface area contributed by atoms with Crippen LogP contribution in [0, 0.1) is 5.92 Å². The van der Waals surface area contributed by atoms with Crippen LogP contribution in [0.3, 0.4) is 0 Å². The van der Waals surface area contributed by atoms with E-state index in [1.54, 1.807) is 14.2 Å². The van der Waals surface area contributed by atoms with E-state index in [1.807, 2.05) is 32.7 Å². The molecule has 0 rings (SSSR count). The van der Waals surface area contributed by atoms with Gasteiger partial charge in [-0.3, -0.25) is 4.99 Å². The van der Waals surface area contributed by atoms with E-state index in [1.165, 1.54) is 0 Å². The molecule has 0 aromatic rings. The Morgan fingerprint density at radius 2 is 1.88 bits per heavy atom. The van der Waals surface area contributed by atoms with Crippen LogP contribution in [-0.2, 0) is 9.47 Å². The first kappa shape index (κ1) is 26.5. The second kappa shape index (κ2) is 13.4. The van der Waals surface area contributed by atoms with Gasteiger partial charge in [-0.15, -0.1) is 24.0 Å². The standard InChI is InChI=1S/C17H36N4O3.HI/c1-13(2)14(20-16(22)24-17(3,4)5)9-11-21(7)15(18-6)19-10-12-23-8;/h13-14H,9-12H2,1-8H3,(H,18,19)(H,20,22);1H. The summed E-state index contributed by atoms with van der Waals surface area (Å²) in [6.07, 6.45) is 0.435. The van der Waals surface area contributed by atoms with E-state index in [9.17, 15) is 4.79 Å². The van der Waals surface area contributed by atoms with Crippen LogP contribution in [0.1, 0.15) is 41.0 Å². The number of hydrogen-bond donors (Lipinski definition) is 2. The molecule has 0 bridgehead atoms. The molecule has 7 nitrogen and oxygen atoms in total. The SMILES string of the molecule is CN=C(NCCOC)N(C)CCC(NC(=O)OC(C)(C)C)C(C)C.I. The average molecular weight is 472 g/mol. The smallest absolute Gasteiger partial charge is 0.407 e. The number of carbonyl (C=O) groups is 1. The molecule has 150 valence electrons. The van der Waals surface area contributed by atoms with E-state index in [2.05, 4.69) is 29.5 Å². The lowest BCUT2D eigenvalue weighted by atomic mass is 10.0. The number of methoxy groups -OCH3 is 1. The summed E-state index contributed by atoms with van der Waals surface area (Å²) >= 11 is 0. The number of amides is 1. The number of nitrogens with zero attached hydrogens (tertiary/aromatic N) is 2. The number of carbonyl (C=O) groups excluding carboxylic acids is 1. The summed E-state index contributed by atoms with van der Waals surface area (Å²) in [5, 5.41) is 6.20. The van der Waals surface area contributed by atoms with Gasteiger partial charge in [-0.25, -0.2) is 4.79 Å². The highest BCUT2D eigenvalue weighted by molar-refractivity contribution is 14.0. The predicted molar refractivity (Wildman–Crippen MR) is 114 cm³/mol. The number of halogens is 1. The molecular formula is C17H37IN4O3. The summed E-state index contributed by atoms with van der Waals surface area (Å²) in [5.41, 5.74) is -0.490. The molecule has 0 aromatic carbocycles. The quantitative estimate of drug-likeness (QED) is 0.246. The van der Waals surface area contributed by atoms with Crippen LogP contribution in [0.4, 0.5) is 4.79 Å². The fraction of sp³-hybridized carbons (Fsp3) is 0.882. The Bertz CT molecular complexity index is 398. The average Bonchev–Trinajstić information content (AvgIpc) is 2.45. The molecule has 1 atom stereocenters. The van der Waals surface area contributed by atoms with Crippen LogP contribution in [0.25, 0.3) is 0 Å². The highest BCUT2D eigenvalue weighted by atomic mass is 127. The Balaban J connectivity index is 0. The van der Waals surface area contributed by atoms with E-state index in [-0.39, 0.29) is 36.1 Å². The van der Waals surface area contributed by atoms with E-state index < -0.39 is 5.60 Å². The van der Waals surface area contributed by atoms with Gasteiger partial charge >= 0.3 is 6.09 Å². The van der Waals surface area contributed by atoms with Crippen molar-refractivity contribution in [2.45, 2.75) is 52.7 Å². The van der Waals surface area contributed by atoms with E-state index >= 15 is 0 Å². The molecule has 0 aromatic heterocycles. The molecule has 0 aliphatic carbocycles. The third-order valence-corrected chi connectivity index (χ3v) is 3.45. The van der Waals surface area contributed by atoms with E-state index in [4.69, 9.17) is 9.47 Å². The van der Waals surface area contributed by atoms with Gasteiger partial charge in [0.2, 0.25) is 0 Å². The minimum Gasteiger partial charge on any atom is -0.444 e. The molecule has 0 aliphatic heterocycles. The number of hydrogen-bond acceptors (Lipinski definition) is 4. The first-order chi connectivity index (χ1) is 11.1. The Morgan fingerprint density at radius 1 is 1.28 bits per heavy atom. The maximum absolute atomic E-state index is 12.0. The molecule has 0 fully saturated rings. The summed E-state index contributed by atoms with van der Waals surface area (Å²) < 4.78 is 10.4. The number of rotatable bonds is 8. The number of nitrogens with one attached hydrogen (secondary N) is 2. The van der Waals surface area contributed by atoms with Crippen molar-refractivity contribution in [1.82, 2.24) is 15.5 Å². The fourth-order valence-corrected chi connectivity index (χ4v) is 2.12. The molecule has 0 radical (unpaired) electrons. The summed E-state index contributed by atoms with van der Waals surface area (Å²) in [6.45, 7) is 11.9. The zero-order valence-corrected chi connectivity index (χ0v) is 19.3. The van der Waals surface area contributed by atoms with Crippen molar-refractivity contribution in [2.24, 2.45) is 10.9 Å². The van der Waals surface area contributed by atoms with Gasteiger partial charge in [0.15, 0.2) is 5.96 Å². The van der Waals surface area contributed by atoms with Gasteiger partial charge in [0.1, 0.15) is 5.60 Å². The molecule has 25 heavy (non-hydrogen) atoms. The van der Waals surface area contributed by atoms with Crippen molar-refractivity contribution in [3.63, 3.8) is 0 Å². The van der Waals surface area contributed by atoms with Crippen molar-refractivity contribution in [1.29, 1.82) is 0 Å². The van der Waals surface area contributed by atoms with Crippen LogP contribution in [0.5, 0.6) is 0 Å². The second-order valence-corrected chi connectivity index (χ2v) is 7.17. The first-order valence-corrected chi connectivity index (χ1v) is 8.51. The van der Waals surface area contributed by atoms with Crippen molar-refractivity contribution in [2.75, 3.05) is 40.9 Å². The van der Waals surface area contributed by atoms with E-state index in [0.717, 1.165) is 18.9 Å². The van der Waals surface area contributed by atoms with Crippen molar-refractivity contribution < 1.29 is 14.3 Å². The first-order valence-electron chi connectivity index (χ1n) is 8.51. The summed E-state index contributed by atoms with van der Waals surface area (Å²) in [4.78, 5) is 18.3. The van der Waals surface area contributed by atoms with Crippen LogP contribution in [0.15, 0.2) is 4.99 Å². The lowest BCUT2D eigenvalue weighted by Gasteiger charge is -2.28. The fourth-order valence-electron chi connectivity index (χ4n) is 2.12. The van der Waals surface area contributed by atoms with Gasteiger partial charge in [0.05, 0.1) is 6.61 Å². The Hall–Kier alpha value is -0.770.